The van der Waals surface area contributed by atoms with Crippen molar-refractivity contribution in [3.05, 3.63) is 65.7 Å². The Morgan fingerprint density at radius 2 is 1.56 bits per heavy atom. The summed E-state index contributed by atoms with van der Waals surface area (Å²) >= 11 is 0. The normalized spacial score (nSPS) is 11.4. The summed E-state index contributed by atoms with van der Waals surface area (Å²) < 4.78 is 15.4. The van der Waals surface area contributed by atoms with Crippen molar-refractivity contribution in [3.63, 3.8) is 0 Å². The van der Waals surface area contributed by atoms with Crippen LogP contribution in [0.3, 0.4) is 0 Å². The maximum atomic E-state index is 11.5. The van der Waals surface area contributed by atoms with Crippen LogP contribution < -0.4 is 10.1 Å². The van der Waals surface area contributed by atoms with Gasteiger partial charge in [-0.3, -0.25) is 4.79 Å². The standard InChI is InChI=1S/C14H21NO2.C14H20O3/c1-11(10-12-8-6-5-7-9-12)15-13(16)17-14(2,3)4;1-13-6-8-14(9-7-13)17-11-5-3-2-4-10-16-12-15/h5-9,11H,10H2,1-4H3,(H,15,16);6-9,12H,2-5,10-11H2,1H3. The van der Waals surface area contributed by atoms with E-state index < -0.39 is 5.60 Å². The highest BCUT2D eigenvalue weighted by atomic mass is 16.6. The number of ether oxygens (including phenoxy) is 3. The molecule has 2 rings (SSSR count). The lowest BCUT2D eigenvalue weighted by atomic mass is 10.1. The predicted octanol–water partition coefficient (Wildman–Crippen LogP) is 6.25. The van der Waals surface area contributed by atoms with Gasteiger partial charge in [0.1, 0.15) is 11.4 Å². The first-order valence-corrected chi connectivity index (χ1v) is 12.0. The molecule has 0 saturated heterocycles. The Hall–Kier alpha value is -3.02. The highest BCUT2D eigenvalue weighted by Gasteiger charge is 2.17. The van der Waals surface area contributed by atoms with Crippen LogP contribution >= 0.6 is 0 Å². The van der Waals surface area contributed by atoms with Crippen molar-refractivity contribution in [1.29, 1.82) is 0 Å². The van der Waals surface area contributed by atoms with Crippen molar-refractivity contribution in [2.75, 3.05) is 13.2 Å². The average molecular weight is 472 g/mol. The van der Waals surface area contributed by atoms with E-state index in [1.165, 1.54) is 11.1 Å². The van der Waals surface area contributed by atoms with Crippen LogP contribution in [0.1, 0.15) is 64.5 Å². The summed E-state index contributed by atoms with van der Waals surface area (Å²) in [5.74, 6) is 0.930. The lowest BCUT2D eigenvalue weighted by Crippen LogP contribution is -2.38. The van der Waals surface area contributed by atoms with Crippen molar-refractivity contribution in [1.82, 2.24) is 5.32 Å². The Morgan fingerprint density at radius 1 is 0.941 bits per heavy atom. The van der Waals surface area contributed by atoms with E-state index in [4.69, 9.17) is 9.47 Å². The molecule has 2 aromatic rings. The van der Waals surface area contributed by atoms with E-state index in [0.29, 0.717) is 13.1 Å². The molecular weight excluding hydrogens is 430 g/mol. The summed E-state index contributed by atoms with van der Waals surface area (Å²) in [6.07, 6.45) is 4.60. The van der Waals surface area contributed by atoms with Crippen LogP contribution in [0.25, 0.3) is 0 Å². The highest BCUT2D eigenvalue weighted by Crippen LogP contribution is 2.12. The van der Waals surface area contributed by atoms with Gasteiger partial charge in [0.15, 0.2) is 0 Å². The van der Waals surface area contributed by atoms with Gasteiger partial charge in [-0.25, -0.2) is 4.79 Å². The number of unbranched alkanes of at least 4 members (excludes halogenated alkanes) is 3. The number of rotatable bonds is 12. The van der Waals surface area contributed by atoms with Crippen LogP contribution in [0.15, 0.2) is 54.6 Å². The molecule has 1 N–H and O–H groups in total. The number of hydrogen-bond acceptors (Lipinski definition) is 5. The van der Waals surface area contributed by atoms with Crippen molar-refractivity contribution >= 4 is 12.6 Å². The largest absolute Gasteiger partial charge is 0.494 e. The Bertz CT molecular complexity index is 800. The molecule has 2 aromatic carbocycles. The smallest absolute Gasteiger partial charge is 0.407 e. The summed E-state index contributed by atoms with van der Waals surface area (Å²) in [5, 5.41) is 2.82. The van der Waals surface area contributed by atoms with Gasteiger partial charge in [0.25, 0.3) is 6.47 Å². The van der Waals surface area contributed by atoms with Crippen molar-refractivity contribution in [3.8, 4) is 5.75 Å². The van der Waals surface area contributed by atoms with Gasteiger partial charge in [-0.05, 0) is 84.4 Å². The molecule has 1 atom stereocenters. The highest BCUT2D eigenvalue weighted by molar-refractivity contribution is 5.68. The van der Waals surface area contributed by atoms with E-state index in [0.717, 1.165) is 44.5 Å². The summed E-state index contributed by atoms with van der Waals surface area (Å²) in [4.78, 5) is 21.4. The maximum Gasteiger partial charge on any atom is 0.407 e. The van der Waals surface area contributed by atoms with Gasteiger partial charge < -0.3 is 19.5 Å². The van der Waals surface area contributed by atoms with E-state index in [2.05, 4.69) is 17.0 Å². The van der Waals surface area contributed by atoms with E-state index in [1.54, 1.807) is 0 Å². The monoisotopic (exact) mass is 471 g/mol. The van der Waals surface area contributed by atoms with Gasteiger partial charge in [0.05, 0.1) is 13.2 Å². The first kappa shape index (κ1) is 29.0. The fraction of sp³-hybridized carbons (Fsp3) is 0.500. The van der Waals surface area contributed by atoms with Crippen LogP contribution in [-0.4, -0.2) is 37.4 Å². The third-order valence-electron chi connectivity index (χ3n) is 4.66. The first-order chi connectivity index (χ1) is 16.2. The van der Waals surface area contributed by atoms with Crippen LogP contribution in [-0.2, 0) is 20.7 Å². The Kier molecular flexibility index (Phi) is 14.1. The fourth-order valence-electron chi connectivity index (χ4n) is 3.04. The minimum absolute atomic E-state index is 0.0623. The molecule has 0 bridgehead atoms. The molecule has 1 amide bonds. The van der Waals surface area contributed by atoms with Gasteiger partial charge in [0, 0.05) is 6.04 Å². The molecule has 0 heterocycles. The number of hydrogen-bond donors (Lipinski definition) is 1. The van der Waals surface area contributed by atoms with Crippen molar-refractivity contribution in [2.45, 2.75) is 78.4 Å². The zero-order valence-electron chi connectivity index (χ0n) is 21.3. The first-order valence-electron chi connectivity index (χ1n) is 12.0. The second kappa shape index (κ2) is 16.6. The Labute approximate surface area is 205 Å². The number of aryl methyl sites for hydroxylation is 1. The van der Waals surface area contributed by atoms with Gasteiger partial charge >= 0.3 is 6.09 Å². The molecule has 0 fully saturated rings. The quantitative estimate of drug-likeness (QED) is 0.293. The SMILES string of the molecule is CC(Cc1ccccc1)NC(=O)OC(C)(C)C.Cc1ccc(OCCCCCCOC=O)cc1. The summed E-state index contributed by atoms with van der Waals surface area (Å²) in [6, 6.07) is 18.2. The van der Waals surface area contributed by atoms with E-state index >= 15 is 0 Å². The molecule has 34 heavy (non-hydrogen) atoms. The number of nitrogens with one attached hydrogen (secondary N) is 1. The number of alkyl carbamates (subject to hydrolysis) is 1. The van der Waals surface area contributed by atoms with Crippen molar-refractivity contribution in [2.24, 2.45) is 0 Å². The van der Waals surface area contributed by atoms with Gasteiger partial charge in [-0.1, -0.05) is 48.0 Å². The summed E-state index contributed by atoms with van der Waals surface area (Å²) in [5.41, 5.74) is 2.00. The number of carbonyl (C=O) groups is 2. The number of amides is 1. The average Bonchev–Trinajstić information content (AvgIpc) is 2.76. The molecule has 0 spiro atoms. The molecule has 0 aliphatic heterocycles. The third kappa shape index (κ3) is 15.7. The van der Waals surface area contributed by atoms with Crippen molar-refractivity contribution < 1.29 is 23.8 Å². The summed E-state index contributed by atoms with van der Waals surface area (Å²) in [6.45, 7) is 11.4. The Morgan fingerprint density at radius 3 is 2.15 bits per heavy atom. The molecule has 6 nitrogen and oxygen atoms in total. The van der Waals surface area contributed by atoms with E-state index in [1.807, 2.05) is 82.3 Å². The topological polar surface area (TPSA) is 73.9 Å². The molecular formula is C28H41NO5. The minimum atomic E-state index is -0.448. The molecule has 0 saturated carbocycles. The van der Waals surface area contributed by atoms with Gasteiger partial charge in [0.2, 0.25) is 0 Å². The van der Waals surface area contributed by atoms with Crippen LogP contribution in [0.5, 0.6) is 5.75 Å². The Balaban J connectivity index is 0.000000340. The minimum Gasteiger partial charge on any atom is -0.494 e. The molecule has 0 aliphatic rings. The number of carbonyl (C=O) groups excluding carboxylic acids is 2. The molecule has 0 aliphatic carbocycles. The lowest BCUT2D eigenvalue weighted by molar-refractivity contribution is -0.128. The van der Waals surface area contributed by atoms with Gasteiger partial charge in [-0.15, -0.1) is 0 Å². The molecule has 0 aromatic heterocycles. The third-order valence-corrected chi connectivity index (χ3v) is 4.66. The number of benzene rings is 2. The molecule has 0 radical (unpaired) electrons. The zero-order chi connectivity index (χ0) is 25.2. The predicted molar refractivity (Wildman–Crippen MR) is 136 cm³/mol. The fourth-order valence-corrected chi connectivity index (χ4v) is 3.04. The molecule has 1 unspecified atom stereocenters. The molecule has 6 heteroatoms. The second-order valence-corrected chi connectivity index (χ2v) is 9.28. The van der Waals surface area contributed by atoms with Crippen LogP contribution in [0, 0.1) is 6.92 Å². The lowest BCUT2D eigenvalue weighted by Gasteiger charge is -2.22. The van der Waals surface area contributed by atoms with E-state index in [-0.39, 0.29) is 12.1 Å². The van der Waals surface area contributed by atoms with Crippen LogP contribution in [0.2, 0.25) is 0 Å². The second-order valence-electron chi connectivity index (χ2n) is 9.28. The van der Waals surface area contributed by atoms with Gasteiger partial charge in [-0.2, -0.15) is 0 Å². The maximum absolute atomic E-state index is 11.5. The van der Waals surface area contributed by atoms with Crippen LogP contribution in [0.4, 0.5) is 4.79 Å². The van der Waals surface area contributed by atoms with E-state index in [9.17, 15) is 9.59 Å². The zero-order valence-corrected chi connectivity index (χ0v) is 21.3. The molecule has 188 valence electrons. The summed E-state index contributed by atoms with van der Waals surface area (Å²) in [7, 11) is 0.